The molecule has 1 heterocycles. The summed E-state index contributed by atoms with van der Waals surface area (Å²) in [7, 11) is 0. The molecular weight excluding hydrogens is 314 g/mol. The predicted octanol–water partition coefficient (Wildman–Crippen LogP) is 3.17. The zero-order valence-corrected chi connectivity index (χ0v) is 14.9. The van der Waals surface area contributed by atoms with E-state index >= 15 is 0 Å². The predicted molar refractivity (Wildman–Crippen MR) is 99.7 cm³/mol. The van der Waals surface area contributed by atoms with Crippen LogP contribution in [0, 0.1) is 0 Å². The molecule has 1 saturated heterocycles. The van der Waals surface area contributed by atoms with Crippen LogP contribution in [0.3, 0.4) is 0 Å². The summed E-state index contributed by atoms with van der Waals surface area (Å²) in [5, 5.41) is 6.20. The number of likely N-dealkylation sites (tertiary alicyclic amines) is 1. The Morgan fingerprint density at radius 1 is 0.920 bits per heavy atom. The van der Waals surface area contributed by atoms with E-state index in [1.807, 2.05) is 29.2 Å². The van der Waals surface area contributed by atoms with Crippen LogP contribution in [0.25, 0.3) is 0 Å². The molecule has 5 heteroatoms. The molecule has 0 bridgehead atoms. The van der Waals surface area contributed by atoms with Crippen LogP contribution in [0.2, 0.25) is 0 Å². The Morgan fingerprint density at radius 3 is 2.20 bits per heavy atom. The first-order valence-electron chi connectivity index (χ1n) is 9.65. The van der Waals surface area contributed by atoms with Crippen molar-refractivity contribution in [2.45, 2.75) is 57.4 Å². The third kappa shape index (κ3) is 5.30. The molecule has 5 nitrogen and oxygen atoms in total. The number of rotatable bonds is 5. The molecule has 0 spiro atoms. The van der Waals surface area contributed by atoms with Gasteiger partial charge < -0.3 is 15.5 Å². The summed E-state index contributed by atoms with van der Waals surface area (Å²) in [6.07, 6.45) is 9.45. The van der Waals surface area contributed by atoms with Gasteiger partial charge >= 0.3 is 0 Å². The van der Waals surface area contributed by atoms with Crippen molar-refractivity contribution in [2.75, 3.05) is 25.0 Å². The fourth-order valence-corrected chi connectivity index (χ4v) is 3.72. The minimum absolute atomic E-state index is 0.0292. The minimum atomic E-state index is -0.0292. The van der Waals surface area contributed by atoms with Crippen LogP contribution in [-0.2, 0) is 4.79 Å². The van der Waals surface area contributed by atoms with Gasteiger partial charge in [0.25, 0.3) is 5.91 Å². The lowest BCUT2D eigenvalue weighted by Crippen LogP contribution is -2.34. The van der Waals surface area contributed by atoms with E-state index in [0.717, 1.165) is 31.6 Å². The third-order valence-electron chi connectivity index (χ3n) is 5.22. The average Bonchev–Trinajstić information content (AvgIpc) is 3.00. The van der Waals surface area contributed by atoms with Crippen molar-refractivity contribution in [3.8, 4) is 0 Å². The van der Waals surface area contributed by atoms with E-state index in [2.05, 4.69) is 10.6 Å². The highest BCUT2D eigenvalue weighted by atomic mass is 16.2. The highest BCUT2D eigenvalue weighted by Gasteiger charge is 2.18. The number of carbonyl (C=O) groups is 2. The number of carbonyl (C=O) groups excluding carboxylic acids is 2. The molecule has 1 aliphatic heterocycles. The number of hydrogen-bond acceptors (Lipinski definition) is 3. The van der Waals surface area contributed by atoms with Crippen LogP contribution >= 0.6 is 0 Å². The first kappa shape index (κ1) is 17.9. The van der Waals surface area contributed by atoms with E-state index in [1.165, 1.54) is 38.5 Å². The van der Waals surface area contributed by atoms with Gasteiger partial charge in [-0.3, -0.25) is 9.59 Å². The van der Waals surface area contributed by atoms with Gasteiger partial charge in [-0.2, -0.15) is 0 Å². The lowest BCUT2D eigenvalue weighted by atomic mass is 10.1. The second-order valence-electron chi connectivity index (χ2n) is 7.19. The first-order valence-corrected chi connectivity index (χ1v) is 9.65. The Hall–Kier alpha value is -1.88. The maximum absolute atomic E-state index is 12.6. The molecule has 2 fully saturated rings. The first-order chi connectivity index (χ1) is 12.2. The minimum Gasteiger partial charge on any atom is -0.339 e. The van der Waals surface area contributed by atoms with Gasteiger partial charge in [-0.1, -0.05) is 25.7 Å². The van der Waals surface area contributed by atoms with Gasteiger partial charge in [-0.05, 0) is 49.9 Å². The SMILES string of the molecule is O=C(CNC1CCCC1)Nc1ccc(C(=O)N2CCCCCC2)cc1. The van der Waals surface area contributed by atoms with Crippen molar-refractivity contribution in [3.05, 3.63) is 29.8 Å². The summed E-state index contributed by atoms with van der Waals surface area (Å²) >= 11 is 0. The van der Waals surface area contributed by atoms with Crippen LogP contribution in [0.5, 0.6) is 0 Å². The highest BCUT2D eigenvalue weighted by molar-refractivity contribution is 5.96. The molecule has 0 radical (unpaired) electrons. The van der Waals surface area contributed by atoms with E-state index in [9.17, 15) is 9.59 Å². The van der Waals surface area contributed by atoms with E-state index in [1.54, 1.807) is 0 Å². The maximum atomic E-state index is 12.6. The Kier molecular flexibility index (Phi) is 6.45. The van der Waals surface area contributed by atoms with E-state index < -0.39 is 0 Å². The molecule has 1 saturated carbocycles. The lowest BCUT2D eigenvalue weighted by molar-refractivity contribution is -0.115. The van der Waals surface area contributed by atoms with Crippen molar-refractivity contribution in [1.82, 2.24) is 10.2 Å². The van der Waals surface area contributed by atoms with Crippen molar-refractivity contribution < 1.29 is 9.59 Å². The second kappa shape index (κ2) is 8.99. The summed E-state index contributed by atoms with van der Waals surface area (Å²) in [6, 6.07) is 7.75. The smallest absolute Gasteiger partial charge is 0.253 e. The molecule has 1 aliphatic carbocycles. The van der Waals surface area contributed by atoms with Gasteiger partial charge in [0, 0.05) is 30.4 Å². The number of nitrogens with zero attached hydrogens (tertiary/aromatic N) is 1. The molecule has 0 aromatic heterocycles. The summed E-state index contributed by atoms with van der Waals surface area (Å²) in [4.78, 5) is 26.5. The largest absolute Gasteiger partial charge is 0.339 e. The molecule has 136 valence electrons. The molecule has 1 aromatic rings. The van der Waals surface area contributed by atoms with E-state index in [0.29, 0.717) is 18.2 Å². The Balaban J connectivity index is 1.49. The molecule has 2 N–H and O–H groups in total. The van der Waals surface area contributed by atoms with Crippen molar-refractivity contribution in [2.24, 2.45) is 0 Å². The van der Waals surface area contributed by atoms with Crippen LogP contribution in [0.15, 0.2) is 24.3 Å². The van der Waals surface area contributed by atoms with Gasteiger partial charge in [0.15, 0.2) is 0 Å². The Morgan fingerprint density at radius 2 is 1.56 bits per heavy atom. The van der Waals surface area contributed by atoms with Gasteiger partial charge in [0.1, 0.15) is 0 Å². The quantitative estimate of drug-likeness (QED) is 0.863. The van der Waals surface area contributed by atoms with Crippen molar-refractivity contribution in [3.63, 3.8) is 0 Å². The lowest BCUT2D eigenvalue weighted by Gasteiger charge is -2.20. The topological polar surface area (TPSA) is 61.4 Å². The number of nitrogens with one attached hydrogen (secondary N) is 2. The van der Waals surface area contributed by atoms with Crippen LogP contribution < -0.4 is 10.6 Å². The fraction of sp³-hybridized carbons (Fsp3) is 0.600. The van der Waals surface area contributed by atoms with Crippen LogP contribution in [0.4, 0.5) is 5.69 Å². The van der Waals surface area contributed by atoms with Crippen LogP contribution in [-0.4, -0.2) is 42.4 Å². The van der Waals surface area contributed by atoms with Gasteiger partial charge in [-0.25, -0.2) is 0 Å². The van der Waals surface area contributed by atoms with Crippen molar-refractivity contribution >= 4 is 17.5 Å². The van der Waals surface area contributed by atoms with E-state index in [-0.39, 0.29) is 11.8 Å². The Bertz CT molecular complexity index is 571. The summed E-state index contributed by atoms with van der Waals surface area (Å²) in [5.74, 6) is 0.0705. The average molecular weight is 343 g/mol. The highest BCUT2D eigenvalue weighted by Crippen LogP contribution is 2.18. The van der Waals surface area contributed by atoms with Crippen LogP contribution in [0.1, 0.15) is 61.7 Å². The third-order valence-corrected chi connectivity index (χ3v) is 5.22. The zero-order chi connectivity index (χ0) is 17.5. The van der Waals surface area contributed by atoms with Crippen molar-refractivity contribution in [1.29, 1.82) is 0 Å². The molecular formula is C20H29N3O2. The monoisotopic (exact) mass is 343 g/mol. The molecule has 1 aromatic carbocycles. The number of amides is 2. The van der Waals surface area contributed by atoms with Gasteiger partial charge in [0.05, 0.1) is 6.54 Å². The molecule has 0 unspecified atom stereocenters. The molecule has 0 atom stereocenters. The number of hydrogen-bond donors (Lipinski definition) is 2. The molecule has 2 amide bonds. The normalized spacial score (nSPS) is 18.8. The maximum Gasteiger partial charge on any atom is 0.253 e. The molecule has 2 aliphatic rings. The van der Waals surface area contributed by atoms with E-state index in [4.69, 9.17) is 0 Å². The molecule has 3 rings (SSSR count). The second-order valence-corrected chi connectivity index (χ2v) is 7.19. The molecule has 25 heavy (non-hydrogen) atoms. The zero-order valence-electron chi connectivity index (χ0n) is 14.9. The summed E-state index contributed by atoms with van der Waals surface area (Å²) in [6.45, 7) is 2.05. The summed E-state index contributed by atoms with van der Waals surface area (Å²) < 4.78 is 0. The summed E-state index contributed by atoms with van der Waals surface area (Å²) in [5.41, 5.74) is 1.44. The fourth-order valence-electron chi connectivity index (χ4n) is 3.72. The van der Waals surface area contributed by atoms with Gasteiger partial charge in [0.2, 0.25) is 5.91 Å². The standard InChI is InChI=1S/C20H29N3O2/c24-19(15-21-17-7-3-4-8-17)22-18-11-9-16(10-12-18)20(25)23-13-5-1-2-6-14-23/h9-12,17,21H,1-8,13-15H2,(H,22,24). The Labute approximate surface area is 150 Å². The van der Waals surface area contributed by atoms with Gasteiger partial charge in [-0.15, -0.1) is 0 Å². The number of benzene rings is 1. The number of anilines is 1.